The van der Waals surface area contributed by atoms with E-state index in [4.69, 9.17) is 21.6 Å². The monoisotopic (exact) mass is 152 g/mol. The van der Waals surface area contributed by atoms with E-state index in [0.717, 1.165) is 0 Å². The van der Waals surface area contributed by atoms with E-state index in [0.29, 0.717) is 0 Å². The van der Waals surface area contributed by atoms with Crippen LogP contribution in [0.5, 0.6) is 0 Å². The Bertz CT molecular complexity index is 20.5. The van der Waals surface area contributed by atoms with Gasteiger partial charge in [-0.3, -0.25) is 0 Å². The predicted molar refractivity (Wildman–Crippen MR) is 46.6 cm³/mol. The van der Waals surface area contributed by atoms with Gasteiger partial charge in [0, 0.05) is 0 Å². The van der Waals surface area contributed by atoms with Gasteiger partial charge in [0.15, 0.2) is 0 Å². The van der Waals surface area contributed by atoms with Crippen LogP contribution >= 0.6 is 12.4 Å². The molecule has 0 aliphatic heterocycles. The first-order valence-corrected chi connectivity index (χ1v) is 1.41. The Morgan fingerprint density at radius 3 is 0.444 bits per heavy atom. The Labute approximate surface area is 61.7 Å². The molecule has 0 saturated carbocycles. The highest BCUT2D eigenvalue weighted by molar-refractivity contribution is 5.85. The van der Waals surface area contributed by atoms with Crippen molar-refractivity contribution in [3.05, 3.63) is 0 Å². The van der Waals surface area contributed by atoms with Crippen LogP contribution in [0.15, 0.2) is 0 Å². The summed E-state index contributed by atoms with van der Waals surface area (Å²) >= 11 is 0. The molecule has 0 aromatic heterocycles. The second kappa shape index (κ2) is 234. The maximum absolute atomic E-state index is 5.50. The van der Waals surface area contributed by atoms with Crippen molar-refractivity contribution in [2.24, 2.45) is 0 Å². The number of rotatable bonds is 0. The first-order valence-electron chi connectivity index (χ1n) is 1.41. The minimum absolute atomic E-state index is 0. The van der Waals surface area contributed by atoms with Gasteiger partial charge in [-0.05, 0) is 26.9 Å². The summed E-state index contributed by atoms with van der Waals surface area (Å²) in [5.74, 6) is 0. The molecule has 4 N–H and O–H groups in total. The molecular formula is C4H13ClN4. The van der Waals surface area contributed by atoms with Gasteiger partial charge in [-0.15, -0.1) is 12.4 Å². The number of nitrogens with one attached hydrogen (secondary N) is 4. The zero-order valence-electron chi connectivity index (χ0n) is 5.24. The molecule has 9 heavy (non-hydrogen) atoms. The summed E-state index contributed by atoms with van der Waals surface area (Å²) in [6, 6.07) is 0. The molecule has 0 aromatic rings. The molecule has 0 rings (SSSR count). The number of hydrogen-bond donors (Lipinski definition) is 4. The van der Waals surface area contributed by atoms with E-state index in [-0.39, 0.29) is 12.4 Å². The van der Waals surface area contributed by atoms with Crippen LogP contribution in [0.3, 0.4) is 0 Å². The van der Waals surface area contributed by atoms with E-state index in [1.54, 1.807) is 0 Å². The van der Waals surface area contributed by atoms with Crippen LogP contribution in [-0.4, -0.2) is 26.9 Å². The first-order chi connectivity index (χ1) is 4.00. The molecule has 0 saturated heterocycles. The minimum atomic E-state index is 0. The fraction of sp³-hybridized carbons (Fsp3) is 0. The zero-order chi connectivity index (χ0) is 8.00. The molecule has 0 aliphatic carbocycles. The fourth-order valence-electron chi connectivity index (χ4n) is 0. The Hall–Kier alpha value is -1.03. The summed E-state index contributed by atoms with van der Waals surface area (Å²) in [6.45, 7) is 10.0. The van der Waals surface area contributed by atoms with E-state index in [9.17, 15) is 0 Å². The largest absolute Gasteiger partial charge is 0.317 e. The Kier molecular flexibility index (Phi) is 1140. The summed E-state index contributed by atoms with van der Waals surface area (Å²) in [5.41, 5.74) is 0. The van der Waals surface area contributed by atoms with Crippen LogP contribution in [0, 0.1) is 21.6 Å². The van der Waals surface area contributed by atoms with Crippen molar-refractivity contribution in [3.8, 4) is 0 Å². The summed E-state index contributed by atoms with van der Waals surface area (Å²) in [5, 5.41) is 22.0. The van der Waals surface area contributed by atoms with Crippen molar-refractivity contribution in [1.29, 1.82) is 21.6 Å². The van der Waals surface area contributed by atoms with E-state index < -0.39 is 0 Å². The maximum atomic E-state index is 5.50. The van der Waals surface area contributed by atoms with Crippen LogP contribution in [0.2, 0.25) is 0 Å². The van der Waals surface area contributed by atoms with Crippen LogP contribution in [-0.2, 0) is 0 Å². The number of halogens is 1. The van der Waals surface area contributed by atoms with Gasteiger partial charge in [-0.25, -0.2) is 0 Å². The lowest BCUT2D eigenvalue weighted by Gasteiger charge is -0.890. The second-order valence-corrected chi connectivity index (χ2v) is 0. The van der Waals surface area contributed by atoms with Crippen molar-refractivity contribution in [2.45, 2.75) is 0 Å². The Balaban J connectivity index is -0.00000000762. The molecule has 4 nitrogen and oxygen atoms in total. The fourth-order valence-corrected chi connectivity index (χ4v) is 0. The van der Waals surface area contributed by atoms with Crippen molar-refractivity contribution < 1.29 is 0 Å². The second-order valence-electron chi connectivity index (χ2n) is 0. The average Bonchev–Trinajstić information content (AvgIpc) is 2.03. The summed E-state index contributed by atoms with van der Waals surface area (Å²) < 4.78 is 0. The van der Waals surface area contributed by atoms with Crippen molar-refractivity contribution in [1.82, 2.24) is 0 Å². The molecular weight excluding hydrogens is 140 g/mol. The zero-order valence-corrected chi connectivity index (χ0v) is 6.05. The smallest absolute Gasteiger partial charge is 0.0187 e. The molecule has 0 bridgehead atoms. The van der Waals surface area contributed by atoms with Gasteiger partial charge >= 0.3 is 0 Å². The lowest BCUT2D eigenvalue weighted by atomic mass is 11.8. The normalized spacial score (nSPS) is 1.78. The Morgan fingerprint density at radius 2 is 0.444 bits per heavy atom. The van der Waals surface area contributed by atoms with Crippen molar-refractivity contribution >= 4 is 39.3 Å². The van der Waals surface area contributed by atoms with Crippen LogP contribution in [0.1, 0.15) is 0 Å². The topological polar surface area (TPSA) is 95.4 Å². The molecule has 0 aliphatic rings. The molecule has 0 amide bonds. The third-order valence-corrected chi connectivity index (χ3v) is 0. The van der Waals surface area contributed by atoms with Gasteiger partial charge in [-0.1, -0.05) is 0 Å². The lowest BCUT2D eigenvalue weighted by Crippen LogP contribution is -0.827. The standard InChI is InChI=1S/4CH3N.ClH/c4*1-2;/h4*2H,1H2;1H. The molecule has 56 valence electrons. The Morgan fingerprint density at radius 1 is 0.444 bits per heavy atom. The third-order valence-electron chi connectivity index (χ3n) is 0. The van der Waals surface area contributed by atoms with E-state index >= 15 is 0 Å². The maximum Gasteiger partial charge on any atom is -0.0187 e. The van der Waals surface area contributed by atoms with E-state index in [1.165, 1.54) is 0 Å². The summed E-state index contributed by atoms with van der Waals surface area (Å²) in [7, 11) is 0. The van der Waals surface area contributed by atoms with Gasteiger partial charge in [0.25, 0.3) is 0 Å². The minimum Gasteiger partial charge on any atom is -0.317 e. The predicted octanol–water partition coefficient (Wildman–Crippen LogP) is 1.48. The summed E-state index contributed by atoms with van der Waals surface area (Å²) in [4.78, 5) is 0. The van der Waals surface area contributed by atoms with Crippen LogP contribution in [0.4, 0.5) is 0 Å². The summed E-state index contributed by atoms with van der Waals surface area (Å²) in [6.07, 6.45) is 0. The van der Waals surface area contributed by atoms with Gasteiger partial charge in [-0.2, -0.15) is 0 Å². The number of hydrogen-bond acceptors (Lipinski definition) is 4. The molecule has 0 heterocycles. The first kappa shape index (κ1) is 43.9. The van der Waals surface area contributed by atoms with Gasteiger partial charge in [0.1, 0.15) is 0 Å². The van der Waals surface area contributed by atoms with Gasteiger partial charge in [0.2, 0.25) is 0 Å². The molecule has 0 spiro atoms. The van der Waals surface area contributed by atoms with Crippen LogP contribution in [0.25, 0.3) is 0 Å². The van der Waals surface area contributed by atoms with Gasteiger partial charge in [0.05, 0.1) is 0 Å². The highest BCUT2D eigenvalue weighted by Gasteiger charge is 0.561. The lowest BCUT2D eigenvalue weighted by molar-refractivity contribution is 1.61. The molecule has 0 atom stereocenters. The van der Waals surface area contributed by atoms with Crippen molar-refractivity contribution in [3.63, 3.8) is 0 Å². The van der Waals surface area contributed by atoms with E-state index in [2.05, 4.69) is 26.9 Å². The molecule has 0 aromatic carbocycles. The highest BCUT2D eigenvalue weighted by Crippen LogP contribution is 0.690. The third kappa shape index (κ3) is 162. The SMILES string of the molecule is C=N.C=N.C=N.C=N.Cl. The van der Waals surface area contributed by atoms with Gasteiger partial charge < -0.3 is 21.6 Å². The molecule has 0 unspecified atom stereocenters. The molecule has 0 radical (unpaired) electrons. The van der Waals surface area contributed by atoms with E-state index in [1.807, 2.05) is 0 Å². The highest BCUT2D eigenvalue weighted by atomic mass is 35.5. The quantitative estimate of drug-likeness (QED) is 0.379. The average molecular weight is 153 g/mol. The molecule has 0 fully saturated rings. The van der Waals surface area contributed by atoms with Crippen LogP contribution < -0.4 is 0 Å². The van der Waals surface area contributed by atoms with Crippen molar-refractivity contribution in [2.75, 3.05) is 0 Å². The molecule has 5 heteroatoms.